The van der Waals surface area contributed by atoms with Gasteiger partial charge in [-0.3, -0.25) is 0 Å². The van der Waals surface area contributed by atoms with E-state index < -0.39 is 7.14 Å². The quantitative estimate of drug-likeness (QED) is 0.718. The monoisotopic (exact) mass is 286 g/mol. The molecule has 2 rings (SSSR count). The van der Waals surface area contributed by atoms with Crippen molar-refractivity contribution in [1.29, 1.82) is 0 Å². The molecule has 2 aromatic carbocycles. The Morgan fingerprint density at radius 2 is 1.30 bits per heavy atom. The SMILES string of the molecule is CC(C)CCCP(=O)(c1ccccc1)c1ccccc1. The Bertz CT molecular complexity index is 517. The molecule has 0 N–H and O–H groups in total. The fraction of sp³-hybridized carbons (Fsp3) is 0.333. The predicted molar refractivity (Wildman–Crippen MR) is 88.7 cm³/mol. The Morgan fingerprint density at radius 1 is 0.850 bits per heavy atom. The van der Waals surface area contributed by atoms with Gasteiger partial charge in [0.25, 0.3) is 0 Å². The van der Waals surface area contributed by atoms with Gasteiger partial charge < -0.3 is 4.57 Å². The average molecular weight is 286 g/mol. The molecule has 0 radical (unpaired) electrons. The second-order valence-corrected chi connectivity index (χ2v) is 8.63. The first kappa shape index (κ1) is 15.1. The van der Waals surface area contributed by atoms with Crippen molar-refractivity contribution in [2.45, 2.75) is 26.7 Å². The van der Waals surface area contributed by atoms with Crippen molar-refractivity contribution in [2.75, 3.05) is 6.16 Å². The van der Waals surface area contributed by atoms with E-state index in [2.05, 4.69) is 13.8 Å². The van der Waals surface area contributed by atoms with Gasteiger partial charge in [-0.2, -0.15) is 0 Å². The number of benzene rings is 2. The molecule has 0 saturated heterocycles. The maximum Gasteiger partial charge on any atom is 0.143 e. The van der Waals surface area contributed by atoms with Crippen LogP contribution in [0, 0.1) is 5.92 Å². The third-order valence-electron chi connectivity index (χ3n) is 3.60. The molecule has 0 bridgehead atoms. The van der Waals surface area contributed by atoms with Gasteiger partial charge in [-0.25, -0.2) is 0 Å². The van der Waals surface area contributed by atoms with Gasteiger partial charge in [0.1, 0.15) is 7.14 Å². The average Bonchev–Trinajstić information content (AvgIpc) is 2.48. The van der Waals surface area contributed by atoms with Gasteiger partial charge >= 0.3 is 0 Å². The molecule has 0 spiro atoms. The first-order valence-corrected chi connectivity index (χ1v) is 9.22. The second-order valence-electron chi connectivity index (χ2n) is 5.67. The molecule has 0 atom stereocenters. The van der Waals surface area contributed by atoms with E-state index in [1.54, 1.807) is 0 Å². The van der Waals surface area contributed by atoms with Gasteiger partial charge in [0.05, 0.1) is 0 Å². The summed E-state index contributed by atoms with van der Waals surface area (Å²) in [6, 6.07) is 19.9. The molecule has 0 unspecified atom stereocenters. The van der Waals surface area contributed by atoms with Crippen molar-refractivity contribution in [1.82, 2.24) is 0 Å². The normalized spacial score (nSPS) is 11.8. The zero-order valence-corrected chi connectivity index (χ0v) is 13.2. The minimum atomic E-state index is -2.48. The summed E-state index contributed by atoms with van der Waals surface area (Å²) >= 11 is 0. The van der Waals surface area contributed by atoms with E-state index >= 15 is 0 Å². The zero-order chi connectivity index (χ0) is 14.4. The molecule has 2 aromatic rings. The number of rotatable bonds is 6. The van der Waals surface area contributed by atoms with Gasteiger partial charge in [-0.1, -0.05) is 80.9 Å². The van der Waals surface area contributed by atoms with Crippen LogP contribution in [0.4, 0.5) is 0 Å². The van der Waals surface area contributed by atoms with Crippen LogP contribution in [0.3, 0.4) is 0 Å². The van der Waals surface area contributed by atoms with Crippen LogP contribution >= 0.6 is 7.14 Å². The van der Waals surface area contributed by atoms with E-state index in [0.29, 0.717) is 5.92 Å². The molecule has 0 aromatic heterocycles. The molecular formula is C18H23OP. The van der Waals surface area contributed by atoms with Crippen molar-refractivity contribution >= 4 is 17.8 Å². The molecular weight excluding hydrogens is 263 g/mol. The minimum absolute atomic E-state index is 0.662. The Hall–Kier alpha value is -1.33. The lowest BCUT2D eigenvalue weighted by Gasteiger charge is -2.19. The van der Waals surface area contributed by atoms with Crippen LogP contribution in [0.5, 0.6) is 0 Å². The van der Waals surface area contributed by atoms with E-state index in [4.69, 9.17) is 0 Å². The van der Waals surface area contributed by atoms with Crippen LogP contribution in [0.15, 0.2) is 60.7 Å². The fourth-order valence-electron chi connectivity index (χ4n) is 2.47. The molecule has 0 aliphatic carbocycles. The van der Waals surface area contributed by atoms with Gasteiger partial charge in [-0.15, -0.1) is 0 Å². The molecule has 2 heteroatoms. The lowest BCUT2D eigenvalue weighted by Crippen LogP contribution is -2.18. The highest BCUT2D eigenvalue weighted by molar-refractivity contribution is 7.78. The van der Waals surface area contributed by atoms with Crippen LogP contribution in [-0.4, -0.2) is 6.16 Å². The summed E-state index contributed by atoms with van der Waals surface area (Å²) in [6.45, 7) is 4.44. The summed E-state index contributed by atoms with van der Waals surface area (Å²) in [7, 11) is -2.48. The molecule has 20 heavy (non-hydrogen) atoms. The van der Waals surface area contributed by atoms with E-state index in [1.807, 2.05) is 60.7 Å². The van der Waals surface area contributed by atoms with E-state index in [0.717, 1.165) is 29.6 Å². The third-order valence-corrected chi connectivity index (χ3v) is 6.81. The second kappa shape index (κ2) is 6.90. The Morgan fingerprint density at radius 3 is 1.70 bits per heavy atom. The third kappa shape index (κ3) is 3.61. The minimum Gasteiger partial charge on any atom is -0.314 e. The molecule has 0 amide bonds. The van der Waals surface area contributed by atoms with E-state index in [9.17, 15) is 4.57 Å². The molecule has 0 aliphatic rings. The van der Waals surface area contributed by atoms with Crippen molar-refractivity contribution in [3.8, 4) is 0 Å². The summed E-state index contributed by atoms with van der Waals surface area (Å²) in [4.78, 5) is 0. The highest BCUT2D eigenvalue weighted by atomic mass is 31.2. The van der Waals surface area contributed by atoms with Gasteiger partial charge in [0.15, 0.2) is 0 Å². The van der Waals surface area contributed by atoms with Crippen LogP contribution in [-0.2, 0) is 4.57 Å². The van der Waals surface area contributed by atoms with Crippen LogP contribution in [0.1, 0.15) is 26.7 Å². The first-order valence-electron chi connectivity index (χ1n) is 7.33. The molecule has 106 valence electrons. The summed E-state index contributed by atoms with van der Waals surface area (Å²) < 4.78 is 13.6. The molecule has 0 aliphatic heterocycles. The van der Waals surface area contributed by atoms with E-state index in [-0.39, 0.29) is 0 Å². The molecule has 0 saturated carbocycles. The Labute approximate surface area is 122 Å². The Kier molecular flexibility index (Phi) is 5.20. The Balaban J connectivity index is 2.32. The van der Waals surface area contributed by atoms with Crippen LogP contribution in [0.2, 0.25) is 0 Å². The number of hydrogen-bond donors (Lipinski definition) is 0. The first-order chi connectivity index (χ1) is 9.63. The highest BCUT2D eigenvalue weighted by Crippen LogP contribution is 2.44. The summed E-state index contributed by atoms with van der Waals surface area (Å²) in [5.74, 6) is 0.662. The highest BCUT2D eigenvalue weighted by Gasteiger charge is 2.26. The lowest BCUT2D eigenvalue weighted by atomic mass is 10.1. The predicted octanol–water partition coefficient (Wildman–Crippen LogP) is 4.44. The maximum atomic E-state index is 13.6. The van der Waals surface area contributed by atoms with Gasteiger partial charge in [0, 0.05) is 16.8 Å². The smallest absolute Gasteiger partial charge is 0.143 e. The van der Waals surface area contributed by atoms with Crippen LogP contribution in [0.25, 0.3) is 0 Å². The zero-order valence-electron chi connectivity index (χ0n) is 12.3. The summed E-state index contributed by atoms with van der Waals surface area (Å²) in [5.41, 5.74) is 0. The molecule has 0 heterocycles. The maximum absolute atomic E-state index is 13.6. The largest absolute Gasteiger partial charge is 0.314 e. The van der Waals surface area contributed by atoms with Gasteiger partial charge in [0.2, 0.25) is 0 Å². The van der Waals surface area contributed by atoms with Gasteiger partial charge in [-0.05, 0) is 12.3 Å². The summed E-state index contributed by atoms with van der Waals surface area (Å²) in [6.07, 6.45) is 2.90. The van der Waals surface area contributed by atoms with Crippen molar-refractivity contribution in [3.05, 3.63) is 60.7 Å². The number of hydrogen-bond acceptors (Lipinski definition) is 1. The summed E-state index contributed by atoms with van der Waals surface area (Å²) in [5, 5.41) is 1.96. The lowest BCUT2D eigenvalue weighted by molar-refractivity contribution is 0.561. The van der Waals surface area contributed by atoms with Crippen molar-refractivity contribution < 1.29 is 4.57 Å². The van der Waals surface area contributed by atoms with E-state index in [1.165, 1.54) is 0 Å². The fourth-order valence-corrected chi connectivity index (χ4v) is 5.22. The molecule has 0 fully saturated rings. The van der Waals surface area contributed by atoms with Crippen molar-refractivity contribution in [3.63, 3.8) is 0 Å². The topological polar surface area (TPSA) is 17.1 Å². The molecule has 1 nitrogen and oxygen atoms in total. The van der Waals surface area contributed by atoms with Crippen molar-refractivity contribution in [2.24, 2.45) is 5.92 Å². The standard InChI is InChI=1S/C18H23OP/c1-16(2)10-9-15-20(19,17-11-5-3-6-12-17)18-13-7-4-8-14-18/h3-8,11-14,16H,9-10,15H2,1-2H3. The van der Waals surface area contributed by atoms with Crippen LogP contribution < -0.4 is 10.6 Å².